The average molecular weight is 314 g/mol. The summed E-state index contributed by atoms with van der Waals surface area (Å²) in [5.74, 6) is -1.10. The maximum Gasteiger partial charge on any atom is 0.149 e. The SMILES string of the molecule is Oc1ccc(CNc2cc(Br)c(F)cc2F)cc1. The third-order valence-corrected chi connectivity index (χ3v) is 3.04. The summed E-state index contributed by atoms with van der Waals surface area (Å²) in [6.45, 7) is 0.384. The fourth-order valence-corrected chi connectivity index (χ4v) is 1.81. The molecule has 0 aromatic heterocycles. The molecule has 0 spiro atoms. The molecule has 0 aliphatic carbocycles. The molecule has 2 rings (SSSR count). The van der Waals surface area contributed by atoms with Crippen molar-refractivity contribution in [2.45, 2.75) is 6.54 Å². The van der Waals surface area contributed by atoms with E-state index in [1.165, 1.54) is 6.07 Å². The third kappa shape index (κ3) is 2.98. The van der Waals surface area contributed by atoms with Crippen molar-refractivity contribution in [2.75, 3.05) is 5.32 Å². The van der Waals surface area contributed by atoms with Crippen LogP contribution in [-0.4, -0.2) is 5.11 Å². The number of anilines is 1. The van der Waals surface area contributed by atoms with E-state index in [2.05, 4.69) is 21.2 Å². The quantitative estimate of drug-likeness (QED) is 0.838. The van der Waals surface area contributed by atoms with E-state index in [0.717, 1.165) is 11.6 Å². The Labute approximate surface area is 111 Å². The Morgan fingerprint density at radius 1 is 1.06 bits per heavy atom. The number of nitrogens with one attached hydrogen (secondary N) is 1. The monoisotopic (exact) mass is 313 g/mol. The molecule has 2 nitrogen and oxygen atoms in total. The lowest BCUT2D eigenvalue weighted by Gasteiger charge is -2.08. The van der Waals surface area contributed by atoms with Crippen LogP contribution in [0.5, 0.6) is 5.75 Å². The first-order valence-corrected chi connectivity index (χ1v) is 6.02. The van der Waals surface area contributed by atoms with Gasteiger partial charge in [-0.05, 0) is 39.7 Å². The van der Waals surface area contributed by atoms with Gasteiger partial charge < -0.3 is 10.4 Å². The number of phenols is 1. The Kier molecular flexibility index (Phi) is 3.81. The number of halogens is 3. The molecule has 0 unspecified atom stereocenters. The second kappa shape index (κ2) is 5.35. The summed E-state index contributed by atoms with van der Waals surface area (Å²) in [6, 6.07) is 8.72. The minimum atomic E-state index is -0.644. The summed E-state index contributed by atoms with van der Waals surface area (Å²) >= 11 is 3.00. The lowest BCUT2D eigenvalue weighted by Crippen LogP contribution is -2.02. The van der Waals surface area contributed by atoms with Crippen molar-refractivity contribution in [3.63, 3.8) is 0 Å². The zero-order valence-corrected chi connectivity index (χ0v) is 10.8. The number of rotatable bonds is 3. The molecule has 94 valence electrons. The minimum absolute atomic E-state index is 0.175. The maximum absolute atomic E-state index is 13.4. The van der Waals surface area contributed by atoms with Gasteiger partial charge in [0.15, 0.2) is 0 Å². The topological polar surface area (TPSA) is 32.3 Å². The van der Waals surface area contributed by atoms with Crippen molar-refractivity contribution in [2.24, 2.45) is 0 Å². The van der Waals surface area contributed by atoms with E-state index < -0.39 is 11.6 Å². The predicted octanol–water partition coefficient (Wildman–Crippen LogP) is 4.05. The summed E-state index contributed by atoms with van der Waals surface area (Å²) < 4.78 is 26.7. The van der Waals surface area contributed by atoms with E-state index >= 15 is 0 Å². The highest BCUT2D eigenvalue weighted by Gasteiger charge is 2.07. The average Bonchev–Trinajstić information content (AvgIpc) is 2.34. The van der Waals surface area contributed by atoms with Crippen LogP contribution in [0.4, 0.5) is 14.5 Å². The number of hydrogen-bond donors (Lipinski definition) is 2. The van der Waals surface area contributed by atoms with Gasteiger partial charge >= 0.3 is 0 Å². The van der Waals surface area contributed by atoms with E-state index in [1.54, 1.807) is 24.3 Å². The van der Waals surface area contributed by atoms with Crippen molar-refractivity contribution in [3.8, 4) is 5.75 Å². The van der Waals surface area contributed by atoms with Crippen LogP contribution >= 0.6 is 15.9 Å². The van der Waals surface area contributed by atoms with Crippen LogP contribution in [-0.2, 0) is 6.54 Å². The number of aromatic hydroxyl groups is 1. The van der Waals surface area contributed by atoms with Crippen molar-refractivity contribution >= 4 is 21.6 Å². The van der Waals surface area contributed by atoms with Crippen LogP contribution in [0.25, 0.3) is 0 Å². The zero-order chi connectivity index (χ0) is 13.1. The molecule has 0 amide bonds. The fourth-order valence-electron chi connectivity index (χ4n) is 1.47. The molecule has 18 heavy (non-hydrogen) atoms. The van der Waals surface area contributed by atoms with Gasteiger partial charge in [-0.3, -0.25) is 0 Å². The molecule has 0 heterocycles. The fraction of sp³-hybridized carbons (Fsp3) is 0.0769. The molecule has 0 saturated carbocycles. The van der Waals surface area contributed by atoms with Gasteiger partial charge in [0.2, 0.25) is 0 Å². The van der Waals surface area contributed by atoms with Crippen LogP contribution < -0.4 is 5.32 Å². The number of benzene rings is 2. The van der Waals surface area contributed by atoms with Gasteiger partial charge in [0.05, 0.1) is 10.2 Å². The molecule has 5 heteroatoms. The van der Waals surface area contributed by atoms with Gasteiger partial charge in [-0.25, -0.2) is 8.78 Å². The molecule has 2 aromatic rings. The molecule has 2 aromatic carbocycles. The van der Waals surface area contributed by atoms with E-state index in [4.69, 9.17) is 5.11 Å². The third-order valence-electron chi connectivity index (χ3n) is 2.43. The number of phenolic OH excluding ortho intramolecular Hbond substituents is 1. The second-order valence-electron chi connectivity index (χ2n) is 3.77. The molecule has 2 N–H and O–H groups in total. The first kappa shape index (κ1) is 12.8. The van der Waals surface area contributed by atoms with E-state index in [9.17, 15) is 8.78 Å². The highest BCUT2D eigenvalue weighted by atomic mass is 79.9. The largest absolute Gasteiger partial charge is 0.508 e. The van der Waals surface area contributed by atoms with Crippen LogP contribution in [0.2, 0.25) is 0 Å². The Bertz CT molecular complexity index is 558. The summed E-state index contributed by atoms with van der Waals surface area (Å²) in [4.78, 5) is 0. The first-order valence-electron chi connectivity index (χ1n) is 5.22. The first-order chi connectivity index (χ1) is 8.56. The van der Waals surface area contributed by atoms with E-state index in [-0.39, 0.29) is 15.9 Å². The van der Waals surface area contributed by atoms with Gasteiger partial charge in [-0.1, -0.05) is 12.1 Å². The second-order valence-corrected chi connectivity index (χ2v) is 4.62. The molecule has 0 fully saturated rings. The normalized spacial score (nSPS) is 10.4. The van der Waals surface area contributed by atoms with Crippen molar-refractivity contribution in [1.29, 1.82) is 0 Å². The van der Waals surface area contributed by atoms with Gasteiger partial charge in [0.1, 0.15) is 17.4 Å². The number of hydrogen-bond acceptors (Lipinski definition) is 2. The summed E-state index contributed by atoms with van der Waals surface area (Å²) in [5.41, 5.74) is 1.10. The Hall–Kier alpha value is -1.62. The standard InChI is InChI=1S/C13H10BrF2NO/c14-10-5-13(12(16)6-11(10)15)17-7-8-1-3-9(18)4-2-8/h1-6,17-18H,7H2. The summed E-state index contributed by atoms with van der Waals surface area (Å²) in [5, 5.41) is 12.0. The molecule has 0 aliphatic rings. The highest BCUT2D eigenvalue weighted by Crippen LogP contribution is 2.24. The predicted molar refractivity (Wildman–Crippen MR) is 69.5 cm³/mol. The molecule has 0 saturated heterocycles. The van der Waals surface area contributed by atoms with E-state index in [0.29, 0.717) is 6.54 Å². The van der Waals surface area contributed by atoms with Crippen molar-refractivity contribution < 1.29 is 13.9 Å². The van der Waals surface area contributed by atoms with Gasteiger partial charge in [-0.2, -0.15) is 0 Å². The molecule has 0 radical (unpaired) electrons. The molecular weight excluding hydrogens is 304 g/mol. The summed E-state index contributed by atoms with van der Waals surface area (Å²) in [7, 11) is 0. The Balaban J connectivity index is 2.10. The van der Waals surface area contributed by atoms with Crippen LogP contribution in [0.3, 0.4) is 0 Å². The molecular formula is C13H10BrF2NO. The van der Waals surface area contributed by atoms with Gasteiger partial charge in [-0.15, -0.1) is 0 Å². The smallest absolute Gasteiger partial charge is 0.149 e. The van der Waals surface area contributed by atoms with Crippen molar-refractivity contribution in [1.82, 2.24) is 0 Å². The lowest BCUT2D eigenvalue weighted by molar-refractivity contribution is 0.475. The Morgan fingerprint density at radius 2 is 1.72 bits per heavy atom. The van der Waals surface area contributed by atoms with E-state index in [1.807, 2.05) is 0 Å². The zero-order valence-electron chi connectivity index (χ0n) is 9.25. The highest BCUT2D eigenvalue weighted by molar-refractivity contribution is 9.10. The molecule has 0 aliphatic heterocycles. The van der Waals surface area contributed by atoms with Gasteiger partial charge in [0, 0.05) is 12.6 Å². The Morgan fingerprint density at radius 3 is 2.39 bits per heavy atom. The minimum Gasteiger partial charge on any atom is -0.508 e. The van der Waals surface area contributed by atoms with Crippen molar-refractivity contribution in [3.05, 3.63) is 58.1 Å². The molecule has 0 atom stereocenters. The van der Waals surface area contributed by atoms with Crippen LogP contribution in [0, 0.1) is 11.6 Å². The maximum atomic E-state index is 13.4. The van der Waals surface area contributed by atoms with Crippen LogP contribution in [0.15, 0.2) is 40.9 Å². The summed E-state index contributed by atoms with van der Waals surface area (Å²) in [6.07, 6.45) is 0. The molecule has 0 bridgehead atoms. The van der Waals surface area contributed by atoms with Gasteiger partial charge in [0.25, 0.3) is 0 Å². The van der Waals surface area contributed by atoms with Crippen LogP contribution in [0.1, 0.15) is 5.56 Å². The lowest BCUT2D eigenvalue weighted by atomic mass is 10.2.